The Bertz CT molecular complexity index is 1050. The van der Waals surface area contributed by atoms with E-state index in [2.05, 4.69) is 61.9 Å². The van der Waals surface area contributed by atoms with Gasteiger partial charge >= 0.3 is 0 Å². The standard InChI is InChI=1S/C27H32N/c1-18-13-22-9-6-10-23(22)17-26(18)27-25-12-11-21(15-20-7-4-5-8-20)16-24(25)14-19(2)28(27)3/h11-14,16-17,20H,4-10,15H2,1-3H3/q+1. The van der Waals surface area contributed by atoms with E-state index in [1.165, 1.54) is 90.2 Å². The number of aryl methyl sites for hydroxylation is 4. The molecule has 5 rings (SSSR count). The highest BCUT2D eigenvalue weighted by molar-refractivity contribution is 5.94. The van der Waals surface area contributed by atoms with Crippen LogP contribution in [0.5, 0.6) is 0 Å². The molecule has 0 spiro atoms. The summed E-state index contributed by atoms with van der Waals surface area (Å²) in [5, 5.41) is 2.80. The molecule has 0 saturated heterocycles. The molecule has 2 aliphatic rings. The summed E-state index contributed by atoms with van der Waals surface area (Å²) in [6.45, 7) is 4.53. The lowest BCUT2D eigenvalue weighted by molar-refractivity contribution is -0.665. The molecule has 0 unspecified atom stereocenters. The zero-order chi connectivity index (χ0) is 19.3. The third kappa shape index (κ3) is 3.05. The van der Waals surface area contributed by atoms with Crippen molar-refractivity contribution in [3.63, 3.8) is 0 Å². The quantitative estimate of drug-likeness (QED) is 0.485. The lowest BCUT2D eigenvalue weighted by atomic mass is 9.92. The topological polar surface area (TPSA) is 3.88 Å². The molecule has 1 nitrogen and oxygen atoms in total. The number of benzene rings is 2. The summed E-state index contributed by atoms with van der Waals surface area (Å²) in [5.74, 6) is 0.900. The van der Waals surface area contributed by atoms with E-state index >= 15 is 0 Å². The maximum absolute atomic E-state index is 2.48. The first-order chi connectivity index (χ1) is 13.6. The number of fused-ring (bicyclic) bond motifs is 2. The molecule has 1 fully saturated rings. The Morgan fingerprint density at radius 1 is 0.893 bits per heavy atom. The van der Waals surface area contributed by atoms with Crippen molar-refractivity contribution >= 4 is 10.8 Å². The number of pyridine rings is 1. The van der Waals surface area contributed by atoms with Crippen molar-refractivity contribution in [1.29, 1.82) is 0 Å². The largest absolute Gasteiger partial charge is 0.220 e. The molecule has 0 N–H and O–H groups in total. The minimum absolute atomic E-state index is 0.900. The predicted molar refractivity (Wildman–Crippen MR) is 118 cm³/mol. The smallest absolute Gasteiger partial charge is 0.198 e. The van der Waals surface area contributed by atoms with Gasteiger partial charge in [0, 0.05) is 13.0 Å². The lowest BCUT2D eigenvalue weighted by Gasteiger charge is -2.14. The molecule has 1 saturated carbocycles. The van der Waals surface area contributed by atoms with Gasteiger partial charge in [-0.25, -0.2) is 0 Å². The molecule has 0 aliphatic heterocycles. The Kier molecular flexibility index (Phi) is 4.50. The van der Waals surface area contributed by atoms with Crippen LogP contribution >= 0.6 is 0 Å². The molecule has 28 heavy (non-hydrogen) atoms. The molecule has 2 aliphatic carbocycles. The van der Waals surface area contributed by atoms with E-state index in [4.69, 9.17) is 0 Å². The summed E-state index contributed by atoms with van der Waals surface area (Å²) >= 11 is 0. The normalized spacial score (nSPS) is 16.8. The molecular formula is C27H32N+. The van der Waals surface area contributed by atoms with Crippen molar-refractivity contribution in [1.82, 2.24) is 0 Å². The Hall–Kier alpha value is -2.15. The maximum Gasteiger partial charge on any atom is 0.220 e. The van der Waals surface area contributed by atoms with Crippen LogP contribution in [0.25, 0.3) is 22.0 Å². The van der Waals surface area contributed by atoms with Crippen molar-refractivity contribution in [3.05, 3.63) is 64.3 Å². The zero-order valence-electron chi connectivity index (χ0n) is 17.6. The molecule has 0 amide bonds. The average molecular weight is 371 g/mol. The molecule has 0 bridgehead atoms. The first kappa shape index (κ1) is 17.9. The van der Waals surface area contributed by atoms with Crippen LogP contribution in [0.1, 0.15) is 60.1 Å². The van der Waals surface area contributed by atoms with Crippen LogP contribution in [0.15, 0.2) is 36.4 Å². The van der Waals surface area contributed by atoms with Crippen molar-refractivity contribution in [2.24, 2.45) is 13.0 Å². The predicted octanol–water partition coefficient (Wildman–Crippen LogP) is 6.17. The summed E-state index contributed by atoms with van der Waals surface area (Å²) in [6.07, 6.45) is 10.7. The fourth-order valence-corrected chi connectivity index (χ4v) is 5.63. The fourth-order valence-electron chi connectivity index (χ4n) is 5.63. The van der Waals surface area contributed by atoms with Crippen molar-refractivity contribution in [2.75, 3.05) is 0 Å². The van der Waals surface area contributed by atoms with Crippen LogP contribution in [0, 0.1) is 19.8 Å². The summed E-state index contributed by atoms with van der Waals surface area (Å²) in [6, 6.07) is 14.5. The number of hydrogen-bond acceptors (Lipinski definition) is 0. The molecule has 0 radical (unpaired) electrons. The van der Waals surface area contributed by atoms with Gasteiger partial charge in [-0.2, -0.15) is 4.57 Å². The Morgan fingerprint density at radius 2 is 1.64 bits per heavy atom. The number of aromatic nitrogens is 1. The fraction of sp³-hybridized carbons (Fsp3) is 0.444. The number of nitrogens with zero attached hydrogens (tertiary/aromatic N) is 1. The zero-order valence-corrected chi connectivity index (χ0v) is 17.6. The van der Waals surface area contributed by atoms with Crippen molar-refractivity contribution in [3.8, 4) is 11.3 Å². The first-order valence-corrected chi connectivity index (χ1v) is 11.1. The summed E-state index contributed by atoms with van der Waals surface area (Å²) in [4.78, 5) is 0. The highest BCUT2D eigenvalue weighted by Gasteiger charge is 2.23. The lowest BCUT2D eigenvalue weighted by Crippen LogP contribution is -2.35. The monoisotopic (exact) mass is 370 g/mol. The van der Waals surface area contributed by atoms with Gasteiger partial charge in [-0.3, -0.25) is 0 Å². The summed E-state index contributed by atoms with van der Waals surface area (Å²) in [5.41, 5.74) is 10.2. The molecule has 144 valence electrons. The Balaban J connectivity index is 1.65. The van der Waals surface area contributed by atoms with E-state index in [1.807, 2.05) is 0 Å². The van der Waals surface area contributed by atoms with Crippen LogP contribution < -0.4 is 4.57 Å². The summed E-state index contributed by atoms with van der Waals surface area (Å²) in [7, 11) is 2.23. The van der Waals surface area contributed by atoms with Gasteiger partial charge in [-0.1, -0.05) is 43.9 Å². The minimum atomic E-state index is 0.900. The van der Waals surface area contributed by atoms with Gasteiger partial charge in [0.05, 0.1) is 10.9 Å². The van der Waals surface area contributed by atoms with E-state index in [-0.39, 0.29) is 0 Å². The highest BCUT2D eigenvalue weighted by Crippen LogP contribution is 2.35. The third-order valence-corrected chi connectivity index (χ3v) is 7.29. The SMILES string of the molecule is Cc1cc2c(cc1-c1c3ccc(CC4CCCC4)cc3cc(C)[n+]1C)CCC2. The van der Waals surface area contributed by atoms with E-state index < -0.39 is 0 Å². The van der Waals surface area contributed by atoms with Gasteiger partial charge in [-0.05, 0) is 78.3 Å². The van der Waals surface area contributed by atoms with E-state index in [1.54, 1.807) is 11.1 Å². The Morgan fingerprint density at radius 3 is 2.43 bits per heavy atom. The molecule has 0 atom stereocenters. The second kappa shape index (κ2) is 7.03. The van der Waals surface area contributed by atoms with E-state index in [9.17, 15) is 0 Å². The molecule has 3 aromatic rings. The van der Waals surface area contributed by atoms with E-state index in [0.717, 1.165) is 5.92 Å². The highest BCUT2D eigenvalue weighted by atomic mass is 14.9. The van der Waals surface area contributed by atoms with Gasteiger partial charge in [0.25, 0.3) is 0 Å². The number of rotatable bonds is 3. The molecule has 1 heteroatoms. The van der Waals surface area contributed by atoms with Gasteiger partial charge in [0.1, 0.15) is 7.05 Å². The third-order valence-electron chi connectivity index (χ3n) is 7.29. The van der Waals surface area contributed by atoms with E-state index in [0.29, 0.717) is 0 Å². The average Bonchev–Trinajstić information content (AvgIpc) is 3.34. The first-order valence-electron chi connectivity index (χ1n) is 11.1. The van der Waals surface area contributed by atoms with Gasteiger partial charge in [-0.15, -0.1) is 0 Å². The Labute approximate surface area is 169 Å². The molecule has 1 aromatic heterocycles. The summed E-state index contributed by atoms with van der Waals surface area (Å²) < 4.78 is 2.39. The second-order valence-corrected chi connectivity index (χ2v) is 9.26. The minimum Gasteiger partial charge on any atom is -0.198 e. The van der Waals surface area contributed by atoms with Crippen LogP contribution in [0.4, 0.5) is 0 Å². The van der Waals surface area contributed by atoms with Crippen LogP contribution in [0.2, 0.25) is 0 Å². The van der Waals surface area contributed by atoms with Crippen LogP contribution in [-0.2, 0) is 26.3 Å². The van der Waals surface area contributed by atoms with Crippen molar-refractivity contribution < 1.29 is 4.57 Å². The maximum atomic E-state index is 2.48. The van der Waals surface area contributed by atoms with Gasteiger partial charge < -0.3 is 0 Å². The molecule has 1 heterocycles. The van der Waals surface area contributed by atoms with Gasteiger partial charge in [0.2, 0.25) is 5.69 Å². The van der Waals surface area contributed by atoms with Crippen molar-refractivity contribution in [2.45, 2.75) is 65.2 Å². The van der Waals surface area contributed by atoms with Crippen LogP contribution in [0.3, 0.4) is 0 Å². The molecular weight excluding hydrogens is 338 g/mol. The molecule has 2 aromatic carbocycles. The number of hydrogen-bond donors (Lipinski definition) is 0. The second-order valence-electron chi connectivity index (χ2n) is 9.26. The van der Waals surface area contributed by atoms with Crippen LogP contribution in [-0.4, -0.2) is 0 Å². The van der Waals surface area contributed by atoms with Gasteiger partial charge in [0.15, 0.2) is 5.69 Å².